The molecule has 0 aliphatic rings. The SMILES string of the molecule is Cc1cnc(C(N)Cc2ccc(Cl)c(Cl)c2)c(C)c1. The highest BCUT2D eigenvalue weighted by molar-refractivity contribution is 6.42. The maximum absolute atomic E-state index is 6.23. The summed E-state index contributed by atoms with van der Waals surface area (Å²) in [4.78, 5) is 4.43. The minimum absolute atomic E-state index is 0.141. The molecule has 0 aliphatic heterocycles. The zero-order valence-electron chi connectivity index (χ0n) is 11.0. The normalized spacial score (nSPS) is 12.5. The third-order valence-corrected chi connectivity index (χ3v) is 3.79. The van der Waals surface area contributed by atoms with E-state index in [9.17, 15) is 0 Å². The van der Waals surface area contributed by atoms with Gasteiger partial charge in [-0.05, 0) is 49.1 Å². The lowest BCUT2D eigenvalue weighted by atomic mass is 10.00. The van der Waals surface area contributed by atoms with Gasteiger partial charge in [0.25, 0.3) is 0 Å². The molecule has 1 heterocycles. The summed E-state index contributed by atoms with van der Waals surface area (Å²) in [5.74, 6) is 0. The van der Waals surface area contributed by atoms with Crippen LogP contribution in [0.25, 0.3) is 0 Å². The van der Waals surface area contributed by atoms with Crippen LogP contribution in [0.1, 0.15) is 28.4 Å². The highest BCUT2D eigenvalue weighted by atomic mass is 35.5. The van der Waals surface area contributed by atoms with Gasteiger partial charge in [-0.25, -0.2) is 0 Å². The van der Waals surface area contributed by atoms with Gasteiger partial charge in [0.1, 0.15) is 0 Å². The number of halogens is 2. The number of aryl methyl sites for hydroxylation is 2. The van der Waals surface area contributed by atoms with Crippen LogP contribution in [0, 0.1) is 13.8 Å². The number of rotatable bonds is 3. The minimum atomic E-state index is -0.141. The van der Waals surface area contributed by atoms with Gasteiger partial charge >= 0.3 is 0 Å². The highest BCUT2D eigenvalue weighted by Crippen LogP contribution is 2.25. The smallest absolute Gasteiger partial charge is 0.0603 e. The number of hydrogen-bond donors (Lipinski definition) is 1. The van der Waals surface area contributed by atoms with E-state index in [-0.39, 0.29) is 6.04 Å². The number of nitrogens with zero attached hydrogens (tertiary/aromatic N) is 1. The third kappa shape index (κ3) is 3.47. The molecule has 0 saturated heterocycles. The molecule has 2 nitrogen and oxygen atoms in total. The van der Waals surface area contributed by atoms with Crippen LogP contribution in [0.2, 0.25) is 10.0 Å². The Morgan fingerprint density at radius 1 is 1.16 bits per heavy atom. The number of benzene rings is 1. The molecular weight excluding hydrogens is 279 g/mol. The first-order chi connectivity index (χ1) is 8.97. The number of aromatic nitrogens is 1. The average molecular weight is 295 g/mol. The summed E-state index contributed by atoms with van der Waals surface area (Å²) >= 11 is 11.9. The summed E-state index contributed by atoms with van der Waals surface area (Å²) in [5, 5.41) is 1.11. The van der Waals surface area contributed by atoms with Crippen LogP contribution in [0.5, 0.6) is 0 Å². The number of pyridine rings is 1. The van der Waals surface area contributed by atoms with E-state index in [1.807, 2.05) is 32.2 Å². The van der Waals surface area contributed by atoms with E-state index in [4.69, 9.17) is 28.9 Å². The Hall–Kier alpha value is -1.09. The van der Waals surface area contributed by atoms with Crippen LogP contribution in [-0.2, 0) is 6.42 Å². The van der Waals surface area contributed by atoms with Gasteiger partial charge in [0.15, 0.2) is 0 Å². The van der Waals surface area contributed by atoms with Crippen LogP contribution in [0.3, 0.4) is 0 Å². The van der Waals surface area contributed by atoms with Crippen LogP contribution in [0.15, 0.2) is 30.5 Å². The Kier molecular flexibility index (Phi) is 4.46. The summed E-state index contributed by atoms with van der Waals surface area (Å²) < 4.78 is 0. The first-order valence-corrected chi connectivity index (χ1v) is 6.85. The lowest BCUT2D eigenvalue weighted by Crippen LogP contribution is -2.16. The van der Waals surface area contributed by atoms with Gasteiger partial charge in [-0.15, -0.1) is 0 Å². The topological polar surface area (TPSA) is 38.9 Å². The summed E-state index contributed by atoms with van der Waals surface area (Å²) in [7, 11) is 0. The van der Waals surface area contributed by atoms with Gasteiger partial charge in [0.05, 0.1) is 21.8 Å². The van der Waals surface area contributed by atoms with E-state index in [1.54, 1.807) is 6.07 Å². The summed E-state index contributed by atoms with van der Waals surface area (Å²) in [6, 6.07) is 7.54. The van der Waals surface area contributed by atoms with Crippen molar-refractivity contribution in [3.8, 4) is 0 Å². The first kappa shape index (κ1) is 14.3. The van der Waals surface area contributed by atoms with Crippen molar-refractivity contribution in [1.29, 1.82) is 0 Å². The number of nitrogens with two attached hydrogens (primary N) is 1. The van der Waals surface area contributed by atoms with Gasteiger partial charge in [-0.3, -0.25) is 4.98 Å². The standard InChI is InChI=1S/C15H16Cl2N2/c1-9-5-10(2)15(19-8-9)14(18)7-11-3-4-12(16)13(17)6-11/h3-6,8,14H,7,18H2,1-2H3. The molecule has 0 saturated carbocycles. The molecule has 1 unspecified atom stereocenters. The molecule has 0 bridgehead atoms. The van der Waals surface area contributed by atoms with Crippen LogP contribution < -0.4 is 5.73 Å². The highest BCUT2D eigenvalue weighted by Gasteiger charge is 2.12. The third-order valence-electron chi connectivity index (χ3n) is 3.05. The van der Waals surface area contributed by atoms with E-state index in [0.29, 0.717) is 16.5 Å². The van der Waals surface area contributed by atoms with Gasteiger partial charge in [-0.2, -0.15) is 0 Å². The maximum Gasteiger partial charge on any atom is 0.0603 e. The predicted octanol–water partition coefficient (Wildman–Crippen LogP) is 4.25. The Bertz CT molecular complexity index is 597. The average Bonchev–Trinajstić information content (AvgIpc) is 2.33. The van der Waals surface area contributed by atoms with Gasteiger partial charge in [0.2, 0.25) is 0 Å². The Morgan fingerprint density at radius 2 is 1.89 bits per heavy atom. The summed E-state index contributed by atoms with van der Waals surface area (Å²) in [6.45, 7) is 4.05. The van der Waals surface area contributed by atoms with Crippen molar-refractivity contribution in [2.45, 2.75) is 26.3 Å². The van der Waals surface area contributed by atoms with E-state index in [0.717, 1.165) is 22.4 Å². The Labute approximate surface area is 123 Å². The predicted molar refractivity (Wildman–Crippen MR) is 80.8 cm³/mol. The molecule has 19 heavy (non-hydrogen) atoms. The van der Waals surface area contributed by atoms with Gasteiger partial charge in [0, 0.05) is 6.20 Å². The van der Waals surface area contributed by atoms with Crippen molar-refractivity contribution in [3.63, 3.8) is 0 Å². The molecule has 0 fully saturated rings. The van der Waals surface area contributed by atoms with Crippen molar-refractivity contribution in [2.75, 3.05) is 0 Å². The molecule has 1 aromatic carbocycles. The van der Waals surface area contributed by atoms with Gasteiger partial charge in [-0.1, -0.05) is 35.3 Å². The van der Waals surface area contributed by atoms with Crippen molar-refractivity contribution in [3.05, 3.63) is 62.9 Å². The van der Waals surface area contributed by atoms with Crippen LogP contribution >= 0.6 is 23.2 Å². The van der Waals surface area contributed by atoms with E-state index >= 15 is 0 Å². The van der Waals surface area contributed by atoms with E-state index in [1.165, 1.54) is 0 Å². The van der Waals surface area contributed by atoms with E-state index < -0.39 is 0 Å². The molecule has 0 spiro atoms. The molecule has 0 radical (unpaired) electrons. The second kappa shape index (κ2) is 5.91. The molecule has 100 valence electrons. The minimum Gasteiger partial charge on any atom is -0.322 e. The van der Waals surface area contributed by atoms with Crippen LogP contribution in [-0.4, -0.2) is 4.98 Å². The summed E-state index contributed by atoms with van der Waals surface area (Å²) in [5.41, 5.74) is 10.5. The maximum atomic E-state index is 6.23. The second-order valence-corrected chi connectivity index (χ2v) is 5.59. The van der Waals surface area contributed by atoms with Gasteiger partial charge < -0.3 is 5.73 Å². The van der Waals surface area contributed by atoms with E-state index in [2.05, 4.69) is 11.1 Å². The monoisotopic (exact) mass is 294 g/mol. The van der Waals surface area contributed by atoms with Crippen molar-refractivity contribution in [1.82, 2.24) is 4.98 Å². The first-order valence-electron chi connectivity index (χ1n) is 6.10. The largest absolute Gasteiger partial charge is 0.322 e. The molecular formula is C15H16Cl2N2. The molecule has 0 amide bonds. The summed E-state index contributed by atoms with van der Waals surface area (Å²) in [6.07, 6.45) is 2.53. The van der Waals surface area contributed by atoms with Crippen molar-refractivity contribution < 1.29 is 0 Å². The fourth-order valence-corrected chi connectivity index (χ4v) is 2.45. The van der Waals surface area contributed by atoms with Crippen molar-refractivity contribution >= 4 is 23.2 Å². The Balaban J connectivity index is 2.20. The second-order valence-electron chi connectivity index (χ2n) is 4.77. The number of hydrogen-bond acceptors (Lipinski definition) is 2. The zero-order valence-corrected chi connectivity index (χ0v) is 12.5. The molecule has 1 atom stereocenters. The quantitative estimate of drug-likeness (QED) is 0.919. The molecule has 2 rings (SSSR count). The Morgan fingerprint density at radius 3 is 2.53 bits per heavy atom. The fraction of sp³-hybridized carbons (Fsp3) is 0.267. The molecule has 2 N–H and O–H groups in total. The zero-order chi connectivity index (χ0) is 14.0. The van der Waals surface area contributed by atoms with Crippen LogP contribution in [0.4, 0.5) is 0 Å². The molecule has 0 aliphatic carbocycles. The molecule has 2 aromatic rings. The molecule has 1 aromatic heterocycles. The van der Waals surface area contributed by atoms with Crippen molar-refractivity contribution in [2.24, 2.45) is 5.73 Å². The molecule has 4 heteroatoms. The lowest BCUT2D eigenvalue weighted by Gasteiger charge is -2.14. The lowest BCUT2D eigenvalue weighted by molar-refractivity contribution is 0.689. The fourth-order valence-electron chi connectivity index (χ4n) is 2.13.